The maximum atomic E-state index is 11.0. The number of hydrogen-bond donors (Lipinski definition) is 6. The number of hydrogen-bond acceptors (Lipinski definition) is 8. The summed E-state index contributed by atoms with van der Waals surface area (Å²) in [4.78, 5) is 0. The molecule has 3 rings (SSSR count). The van der Waals surface area contributed by atoms with Crippen LogP contribution in [0.2, 0.25) is 0 Å². The van der Waals surface area contributed by atoms with E-state index in [1.165, 1.54) is 0 Å². The number of aliphatic hydroxyl groups excluding tert-OH is 5. The Kier molecular flexibility index (Phi) is 6.43. The Labute approximate surface area is 172 Å². The van der Waals surface area contributed by atoms with Gasteiger partial charge in [-0.2, -0.15) is 0 Å². The molecule has 3 aliphatic rings. The smallest absolute Gasteiger partial charge is 0.187 e. The molecule has 0 aromatic carbocycles. The van der Waals surface area contributed by atoms with Gasteiger partial charge in [0.1, 0.15) is 24.4 Å². The van der Waals surface area contributed by atoms with Gasteiger partial charge in [0, 0.05) is 0 Å². The molecule has 1 unspecified atom stereocenters. The second-order valence-electron chi connectivity index (χ2n) is 10.4. The highest BCUT2D eigenvalue weighted by Crippen LogP contribution is 2.57. The molecule has 1 saturated heterocycles. The van der Waals surface area contributed by atoms with E-state index >= 15 is 0 Å². The van der Waals surface area contributed by atoms with E-state index in [0.717, 1.165) is 12.8 Å². The lowest BCUT2D eigenvalue weighted by Crippen LogP contribution is -2.62. The molecule has 8 heteroatoms. The molecule has 3 fully saturated rings. The van der Waals surface area contributed by atoms with E-state index in [4.69, 9.17) is 9.47 Å². The summed E-state index contributed by atoms with van der Waals surface area (Å²) in [5.41, 5.74) is -1.98. The van der Waals surface area contributed by atoms with Crippen molar-refractivity contribution in [2.24, 2.45) is 17.3 Å². The number of ether oxygens (including phenoxy) is 2. The predicted molar refractivity (Wildman–Crippen MR) is 104 cm³/mol. The summed E-state index contributed by atoms with van der Waals surface area (Å²) >= 11 is 0. The molecule has 29 heavy (non-hydrogen) atoms. The molecule has 10 atom stereocenters. The molecule has 1 aliphatic heterocycles. The van der Waals surface area contributed by atoms with Gasteiger partial charge in [0.2, 0.25) is 0 Å². The third kappa shape index (κ3) is 4.11. The van der Waals surface area contributed by atoms with Crippen molar-refractivity contribution in [3.05, 3.63) is 0 Å². The standard InChI is InChI=1S/C21H38O8/c1-19(2,29-18-17(26)16(25)15(24)12(10-22)28-18)11-5-7-20(3)13(9-11)21(4,27)8-6-14(20)23/h11-18,22-27H,5-10H2,1-4H3/t11-,12-,13?,14-,15-,16+,17-,18+,20-,21-/m1/s1. The minimum Gasteiger partial charge on any atom is -0.394 e. The molecular formula is C21H38O8. The third-order valence-electron chi connectivity index (χ3n) is 8.04. The van der Waals surface area contributed by atoms with Crippen molar-refractivity contribution in [1.82, 2.24) is 0 Å². The van der Waals surface area contributed by atoms with Gasteiger partial charge in [-0.15, -0.1) is 0 Å². The van der Waals surface area contributed by atoms with E-state index < -0.39 is 54.6 Å². The molecule has 0 aromatic heterocycles. The van der Waals surface area contributed by atoms with E-state index in [2.05, 4.69) is 6.92 Å². The first-order valence-corrected chi connectivity index (χ1v) is 10.7. The lowest BCUT2D eigenvalue weighted by atomic mass is 9.51. The fourth-order valence-corrected chi connectivity index (χ4v) is 5.82. The first-order valence-electron chi connectivity index (χ1n) is 10.7. The average molecular weight is 419 g/mol. The SMILES string of the molecule is CC(C)(O[C@@H]1O[C@H](CO)[C@@H](O)[C@H](O)[C@H]1O)[C@@H]1CC[C@]2(C)C(C1)[C@](C)(O)CC[C@H]2O. The Morgan fingerprint density at radius 2 is 1.66 bits per heavy atom. The summed E-state index contributed by atoms with van der Waals surface area (Å²) in [6.07, 6.45) is -3.66. The van der Waals surface area contributed by atoms with Gasteiger partial charge in [-0.1, -0.05) is 6.92 Å². The second kappa shape index (κ2) is 7.98. The number of fused-ring (bicyclic) bond motifs is 1. The van der Waals surface area contributed by atoms with E-state index in [9.17, 15) is 30.6 Å². The molecule has 6 N–H and O–H groups in total. The van der Waals surface area contributed by atoms with E-state index in [0.29, 0.717) is 19.3 Å². The van der Waals surface area contributed by atoms with Crippen LogP contribution in [0.5, 0.6) is 0 Å². The Morgan fingerprint density at radius 1 is 1.00 bits per heavy atom. The zero-order chi connectivity index (χ0) is 21.8. The number of aliphatic hydroxyl groups is 6. The van der Waals surface area contributed by atoms with Crippen molar-refractivity contribution in [2.45, 2.75) is 108 Å². The summed E-state index contributed by atoms with van der Waals surface area (Å²) in [5, 5.41) is 61.3. The highest BCUT2D eigenvalue weighted by atomic mass is 16.7. The normalized spacial score (nSPS) is 51.5. The van der Waals surface area contributed by atoms with Crippen LogP contribution in [0.3, 0.4) is 0 Å². The minimum atomic E-state index is -1.48. The molecule has 0 bridgehead atoms. The maximum Gasteiger partial charge on any atom is 0.187 e. The van der Waals surface area contributed by atoms with Crippen molar-refractivity contribution in [1.29, 1.82) is 0 Å². The summed E-state index contributed by atoms with van der Waals surface area (Å²) in [5.74, 6) is -0.0557. The van der Waals surface area contributed by atoms with Crippen molar-refractivity contribution in [3.8, 4) is 0 Å². The summed E-state index contributed by atoms with van der Waals surface area (Å²) < 4.78 is 11.6. The van der Waals surface area contributed by atoms with Crippen LogP contribution in [0, 0.1) is 17.3 Å². The molecule has 170 valence electrons. The third-order valence-corrected chi connectivity index (χ3v) is 8.04. The van der Waals surface area contributed by atoms with Gasteiger partial charge in [-0.25, -0.2) is 0 Å². The highest BCUT2D eigenvalue weighted by molar-refractivity contribution is 5.07. The van der Waals surface area contributed by atoms with Gasteiger partial charge in [0.15, 0.2) is 6.29 Å². The molecule has 1 heterocycles. The Hall–Kier alpha value is -0.320. The van der Waals surface area contributed by atoms with E-state index in [1.807, 2.05) is 20.8 Å². The molecule has 0 amide bonds. The van der Waals surface area contributed by atoms with Crippen LogP contribution in [0.25, 0.3) is 0 Å². The maximum absolute atomic E-state index is 11.0. The monoisotopic (exact) mass is 418 g/mol. The Morgan fingerprint density at radius 3 is 2.28 bits per heavy atom. The van der Waals surface area contributed by atoms with Crippen LogP contribution in [0.1, 0.15) is 59.8 Å². The molecule has 2 saturated carbocycles. The van der Waals surface area contributed by atoms with Crippen LogP contribution >= 0.6 is 0 Å². The van der Waals surface area contributed by atoms with Gasteiger partial charge >= 0.3 is 0 Å². The molecule has 0 aromatic rings. The van der Waals surface area contributed by atoms with Gasteiger partial charge < -0.3 is 40.1 Å². The predicted octanol–water partition coefficient (Wildman–Crippen LogP) is -0.0902. The topological polar surface area (TPSA) is 140 Å². The minimum absolute atomic E-state index is 0.0321. The number of rotatable bonds is 4. The van der Waals surface area contributed by atoms with Crippen LogP contribution in [-0.2, 0) is 9.47 Å². The molecule has 8 nitrogen and oxygen atoms in total. The van der Waals surface area contributed by atoms with Crippen LogP contribution in [0.4, 0.5) is 0 Å². The summed E-state index contributed by atoms with van der Waals surface area (Å²) in [6, 6.07) is 0. The fourth-order valence-electron chi connectivity index (χ4n) is 5.82. The van der Waals surface area contributed by atoms with Crippen LogP contribution in [-0.4, -0.2) is 85.3 Å². The van der Waals surface area contributed by atoms with Gasteiger partial charge in [0.05, 0.1) is 23.9 Å². The van der Waals surface area contributed by atoms with Gasteiger partial charge in [-0.05, 0) is 70.1 Å². The Bertz CT molecular complexity index is 579. The van der Waals surface area contributed by atoms with Crippen molar-refractivity contribution in [3.63, 3.8) is 0 Å². The highest BCUT2D eigenvalue weighted by Gasteiger charge is 2.57. The summed E-state index contributed by atoms with van der Waals surface area (Å²) in [6.45, 7) is 7.16. The lowest BCUT2D eigenvalue weighted by molar-refractivity contribution is -0.331. The first kappa shape index (κ1) is 23.3. The molecule has 0 spiro atoms. The average Bonchev–Trinajstić information content (AvgIpc) is 2.65. The lowest BCUT2D eigenvalue weighted by Gasteiger charge is -2.58. The van der Waals surface area contributed by atoms with Crippen molar-refractivity contribution in [2.75, 3.05) is 6.61 Å². The second-order valence-corrected chi connectivity index (χ2v) is 10.4. The molecule has 2 aliphatic carbocycles. The zero-order valence-electron chi connectivity index (χ0n) is 17.9. The fraction of sp³-hybridized carbons (Fsp3) is 1.00. The first-order chi connectivity index (χ1) is 13.3. The van der Waals surface area contributed by atoms with Gasteiger partial charge in [0.25, 0.3) is 0 Å². The van der Waals surface area contributed by atoms with E-state index in [1.54, 1.807) is 0 Å². The molecule has 0 radical (unpaired) electrons. The quantitative estimate of drug-likeness (QED) is 0.372. The van der Waals surface area contributed by atoms with Crippen LogP contribution < -0.4 is 0 Å². The molecular weight excluding hydrogens is 380 g/mol. The largest absolute Gasteiger partial charge is 0.394 e. The van der Waals surface area contributed by atoms with Gasteiger partial charge in [-0.3, -0.25) is 0 Å². The van der Waals surface area contributed by atoms with Crippen molar-refractivity contribution >= 4 is 0 Å². The van der Waals surface area contributed by atoms with E-state index in [-0.39, 0.29) is 17.3 Å². The Balaban J connectivity index is 1.74. The van der Waals surface area contributed by atoms with Crippen LogP contribution in [0.15, 0.2) is 0 Å². The zero-order valence-corrected chi connectivity index (χ0v) is 17.9. The summed E-state index contributed by atoms with van der Waals surface area (Å²) in [7, 11) is 0. The van der Waals surface area contributed by atoms with Crippen molar-refractivity contribution < 1.29 is 40.1 Å².